The number of hydrogen-bond donors (Lipinski definition) is 0. The molecule has 0 fully saturated rings. The van der Waals surface area contributed by atoms with Crippen molar-refractivity contribution in [1.82, 2.24) is 5.16 Å². The van der Waals surface area contributed by atoms with Crippen molar-refractivity contribution in [2.24, 2.45) is 0 Å². The monoisotopic (exact) mass is 247 g/mol. The molecule has 0 spiro atoms. The SMILES string of the molecule is CCc1cccc(OCc2cc(COC)on2)c1. The fourth-order valence-electron chi connectivity index (χ4n) is 1.65. The van der Waals surface area contributed by atoms with E-state index in [1.165, 1.54) is 5.56 Å². The zero-order chi connectivity index (χ0) is 12.8. The van der Waals surface area contributed by atoms with Crippen LogP contribution in [-0.4, -0.2) is 12.3 Å². The molecule has 0 radical (unpaired) electrons. The van der Waals surface area contributed by atoms with Crippen molar-refractivity contribution >= 4 is 0 Å². The summed E-state index contributed by atoms with van der Waals surface area (Å²) in [6.45, 7) is 2.95. The molecule has 0 saturated heterocycles. The minimum atomic E-state index is 0.403. The van der Waals surface area contributed by atoms with Crippen LogP contribution < -0.4 is 4.74 Å². The zero-order valence-electron chi connectivity index (χ0n) is 10.7. The second-order valence-corrected chi connectivity index (χ2v) is 4.01. The van der Waals surface area contributed by atoms with Crippen LogP contribution in [0.2, 0.25) is 0 Å². The van der Waals surface area contributed by atoms with E-state index in [1.807, 2.05) is 24.3 Å². The van der Waals surface area contributed by atoms with Crippen LogP contribution in [0.1, 0.15) is 23.9 Å². The molecule has 0 aliphatic rings. The molecule has 0 amide bonds. The Morgan fingerprint density at radius 2 is 2.11 bits per heavy atom. The van der Waals surface area contributed by atoms with Crippen LogP contribution in [0.5, 0.6) is 5.75 Å². The summed E-state index contributed by atoms with van der Waals surface area (Å²) in [7, 11) is 1.62. The number of methoxy groups -OCH3 is 1. The van der Waals surface area contributed by atoms with Gasteiger partial charge in [-0.25, -0.2) is 0 Å². The van der Waals surface area contributed by atoms with E-state index in [2.05, 4.69) is 18.1 Å². The number of rotatable bonds is 6. The Bertz CT molecular complexity index is 493. The number of nitrogens with zero attached hydrogens (tertiary/aromatic N) is 1. The van der Waals surface area contributed by atoms with Gasteiger partial charge in [-0.2, -0.15) is 0 Å². The van der Waals surface area contributed by atoms with Gasteiger partial charge in [0.1, 0.15) is 24.7 Å². The Kier molecular flexibility index (Phi) is 4.36. The number of hydrogen-bond acceptors (Lipinski definition) is 4. The highest BCUT2D eigenvalue weighted by molar-refractivity contribution is 5.28. The lowest BCUT2D eigenvalue weighted by atomic mass is 10.2. The van der Waals surface area contributed by atoms with Gasteiger partial charge in [-0.15, -0.1) is 0 Å². The molecule has 0 saturated carbocycles. The van der Waals surface area contributed by atoms with Gasteiger partial charge in [0, 0.05) is 13.2 Å². The van der Waals surface area contributed by atoms with Crippen molar-refractivity contribution in [3.63, 3.8) is 0 Å². The lowest BCUT2D eigenvalue weighted by molar-refractivity contribution is 0.155. The highest BCUT2D eigenvalue weighted by Gasteiger charge is 2.04. The van der Waals surface area contributed by atoms with Crippen molar-refractivity contribution in [1.29, 1.82) is 0 Å². The van der Waals surface area contributed by atoms with Crippen molar-refractivity contribution in [2.45, 2.75) is 26.6 Å². The van der Waals surface area contributed by atoms with E-state index in [9.17, 15) is 0 Å². The lowest BCUT2D eigenvalue weighted by Gasteiger charge is -2.05. The summed E-state index contributed by atoms with van der Waals surface area (Å²) in [5, 5.41) is 3.91. The minimum Gasteiger partial charge on any atom is -0.487 e. The minimum absolute atomic E-state index is 0.403. The van der Waals surface area contributed by atoms with Crippen molar-refractivity contribution in [3.8, 4) is 5.75 Å². The highest BCUT2D eigenvalue weighted by atomic mass is 16.5. The van der Waals surface area contributed by atoms with Gasteiger partial charge in [0.15, 0.2) is 5.76 Å². The van der Waals surface area contributed by atoms with Crippen LogP contribution in [0, 0.1) is 0 Å². The van der Waals surface area contributed by atoms with Gasteiger partial charge in [-0.05, 0) is 24.1 Å². The van der Waals surface area contributed by atoms with Crippen molar-refractivity contribution in [3.05, 3.63) is 47.3 Å². The number of aryl methyl sites for hydroxylation is 1. The molecule has 2 rings (SSSR count). The van der Waals surface area contributed by atoms with E-state index in [0.29, 0.717) is 19.0 Å². The van der Waals surface area contributed by atoms with E-state index in [0.717, 1.165) is 17.9 Å². The fraction of sp³-hybridized carbons (Fsp3) is 0.357. The van der Waals surface area contributed by atoms with Crippen molar-refractivity contribution in [2.75, 3.05) is 7.11 Å². The van der Waals surface area contributed by atoms with Gasteiger partial charge < -0.3 is 14.0 Å². The molecule has 1 aromatic heterocycles. The first-order valence-corrected chi connectivity index (χ1v) is 5.97. The standard InChI is InChI=1S/C14H17NO3/c1-3-11-5-4-6-13(7-11)17-9-12-8-14(10-16-2)18-15-12/h4-8H,3,9-10H2,1-2H3. The van der Waals surface area contributed by atoms with E-state index in [1.54, 1.807) is 7.11 Å². The van der Waals surface area contributed by atoms with E-state index in [-0.39, 0.29) is 0 Å². The number of ether oxygens (including phenoxy) is 2. The predicted octanol–water partition coefficient (Wildman–Crippen LogP) is 2.96. The average molecular weight is 247 g/mol. The lowest BCUT2D eigenvalue weighted by Crippen LogP contribution is -1.96. The zero-order valence-corrected chi connectivity index (χ0v) is 10.7. The first-order valence-electron chi connectivity index (χ1n) is 5.97. The maximum absolute atomic E-state index is 5.66. The number of aromatic nitrogens is 1. The maximum atomic E-state index is 5.66. The van der Waals surface area contributed by atoms with Crippen LogP contribution in [0.4, 0.5) is 0 Å². The first-order chi connectivity index (χ1) is 8.81. The van der Waals surface area contributed by atoms with Gasteiger partial charge in [0.25, 0.3) is 0 Å². The smallest absolute Gasteiger partial charge is 0.162 e. The van der Waals surface area contributed by atoms with Crippen LogP contribution in [0.15, 0.2) is 34.9 Å². The molecule has 96 valence electrons. The van der Waals surface area contributed by atoms with Gasteiger partial charge in [-0.1, -0.05) is 24.2 Å². The van der Waals surface area contributed by atoms with E-state index in [4.69, 9.17) is 14.0 Å². The largest absolute Gasteiger partial charge is 0.487 e. The Hall–Kier alpha value is -1.81. The fourth-order valence-corrected chi connectivity index (χ4v) is 1.65. The van der Waals surface area contributed by atoms with Gasteiger partial charge in [0.05, 0.1) is 0 Å². The molecule has 2 aromatic rings. The molecular formula is C14H17NO3. The van der Waals surface area contributed by atoms with Crippen LogP contribution in [0.3, 0.4) is 0 Å². The van der Waals surface area contributed by atoms with Gasteiger partial charge >= 0.3 is 0 Å². The summed E-state index contributed by atoms with van der Waals surface area (Å²) in [6.07, 6.45) is 0.999. The summed E-state index contributed by atoms with van der Waals surface area (Å²) < 4.78 is 15.7. The molecule has 4 heteroatoms. The summed E-state index contributed by atoms with van der Waals surface area (Å²) in [4.78, 5) is 0. The molecule has 0 aliphatic heterocycles. The molecule has 0 N–H and O–H groups in total. The van der Waals surface area contributed by atoms with E-state index >= 15 is 0 Å². The first kappa shape index (κ1) is 12.6. The summed E-state index contributed by atoms with van der Waals surface area (Å²) in [6, 6.07) is 9.89. The normalized spacial score (nSPS) is 10.6. The maximum Gasteiger partial charge on any atom is 0.162 e. The Morgan fingerprint density at radius 1 is 1.22 bits per heavy atom. The predicted molar refractivity (Wildman–Crippen MR) is 67.4 cm³/mol. The van der Waals surface area contributed by atoms with Crippen LogP contribution >= 0.6 is 0 Å². The van der Waals surface area contributed by atoms with Gasteiger partial charge in [0.2, 0.25) is 0 Å². The Labute approximate surface area is 107 Å². The molecule has 18 heavy (non-hydrogen) atoms. The Morgan fingerprint density at radius 3 is 2.89 bits per heavy atom. The molecule has 0 atom stereocenters. The third kappa shape index (κ3) is 3.34. The van der Waals surface area contributed by atoms with E-state index < -0.39 is 0 Å². The molecular weight excluding hydrogens is 230 g/mol. The quantitative estimate of drug-likeness (QED) is 0.787. The molecule has 4 nitrogen and oxygen atoms in total. The summed E-state index contributed by atoms with van der Waals surface area (Å²) in [5.74, 6) is 1.56. The molecule has 1 heterocycles. The van der Waals surface area contributed by atoms with Crippen LogP contribution in [0.25, 0.3) is 0 Å². The van der Waals surface area contributed by atoms with Crippen LogP contribution in [-0.2, 0) is 24.4 Å². The second kappa shape index (κ2) is 6.21. The highest BCUT2D eigenvalue weighted by Crippen LogP contribution is 2.15. The molecule has 0 bridgehead atoms. The Balaban J connectivity index is 1.93. The van der Waals surface area contributed by atoms with Gasteiger partial charge in [-0.3, -0.25) is 0 Å². The topological polar surface area (TPSA) is 44.5 Å². The molecule has 0 unspecified atom stereocenters. The summed E-state index contributed by atoms with van der Waals surface area (Å²) in [5.41, 5.74) is 2.02. The van der Waals surface area contributed by atoms with Crippen molar-refractivity contribution < 1.29 is 14.0 Å². The average Bonchev–Trinajstić information content (AvgIpc) is 2.85. The third-order valence-corrected chi connectivity index (χ3v) is 2.59. The third-order valence-electron chi connectivity index (χ3n) is 2.59. The molecule has 0 aliphatic carbocycles. The second-order valence-electron chi connectivity index (χ2n) is 4.01. The molecule has 1 aromatic carbocycles. The number of benzene rings is 1. The summed E-state index contributed by atoms with van der Waals surface area (Å²) >= 11 is 0.